The molecule has 31 heavy (non-hydrogen) atoms. The van der Waals surface area contributed by atoms with Crippen LogP contribution in [0.4, 0.5) is 11.4 Å². The van der Waals surface area contributed by atoms with Crippen molar-refractivity contribution in [3.8, 4) is 0 Å². The molecule has 1 aliphatic carbocycles. The van der Waals surface area contributed by atoms with Crippen molar-refractivity contribution in [2.45, 2.75) is 44.7 Å². The number of carbonyl (C=O) groups is 2. The second kappa shape index (κ2) is 11.0. The highest BCUT2D eigenvalue weighted by molar-refractivity contribution is 5.96. The fourth-order valence-corrected chi connectivity index (χ4v) is 4.09. The van der Waals surface area contributed by atoms with E-state index in [-0.39, 0.29) is 18.4 Å². The molecule has 0 radical (unpaired) electrons. The summed E-state index contributed by atoms with van der Waals surface area (Å²) < 4.78 is 0. The maximum atomic E-state index is 12.4. The molecule has 0 spiro atoms. The maximum Gasteiger partial charge on any atom is 0.253 e. The third-order valence-corrected chi connectivity index (χ3v) is 5.90. The quantitative estimate of drug-likeness (QED) is 0.669. The molecule has 1 aliphatic rings. The summed E-state index contributed by atoms with van der Waals surface area (Å²) in [5.74, 6) is -0.184. The highest BCUT2D eigenvalue weighted by atomic mass is 16.2. The van der Waals surface area contributed by atoms with Gasteiger partial charge in [0.25, 0.3) is 5.91 Å². The predicted octanol–water partition coefficient (Wildman–Crippen LogP) is 4.20. The van der Waals surface area contributed by atoms with Crippen molar-refractivity contribution in [1.82, 2.24) is 9.80 Å². The van der Waals surface area contributed by atoms with Crippen molar-refractivity contribution in [2.75, 3.05) is 38.3 Å². The van der Waals surface area contributed by atoms with E-state index < -0.39 is 0 Å². The van der Waals surface area contributed by atoms with Crippen molar-refractivity contribution >= 4 is 23.2 Å². The van der Waals surface area contributed by atoms with Gasteiger partial charge in [0.15, 0.2) is 0 Å². The van der Waals surface area contributed by atoms with E-state index in [2.05, 4.69) is 28.6 Å². The van der Waals surface area contributed by atoms with Crippen molar-refractivity contribution in [2.24, 2.45) is 0 Å². The van der Waals surface area contributed by atoms with Crippen LogP contribution in [0.2, 0.25) is 0 Å². The molecule has 2 amide bonds. The lowest BCUT2D eigenvalue weighted by Gasteiger charge is -2.31. The minimum atomic E-state index is -0.123. The van der Waals surface area contributed by atoms with Gasteiger partial charge in [-0.1, -0.05) is 37.5 Å². The number of hydrogen-bond donors (Lipinski definition) is 2. The summed E-state index contributed by atoms with van der Waals surface area (Å²) in [6.07, 6.45) is 6.53. The van der Waals surface area contributed by atoms with E-state index in [0.29, 0.717) is 17.3 Å². The van der Waals surface area contributed by atoms with Crippen LogP contribution in [-0.4, -0.2) is 55.3 Å². The molecular weight excluding hydrogens is 388 g/mol. The molecule has 0 bridgehead atoms. The summed E-state index contributed by atoms with van der Waals surface area (Å²) >= 11 is 0. The van der Waals surface area contributed by atoms with Gasteiger partial charge in [0.1, 0.15) is 0 Å². The molecule has 3 rings (SSSR count). The maximum absolute atomic E-state index is 12.4. The zero-order chi connectivity index (χ0) is 22.2. The Kier molecular flexibility index (Phi) is 8.06. The van der Waals surface area contributed by atoms with Gasteiger partial charge in [-0.05, 0) is 55.8 Å². The van der Waals surface area contributed by atoms with Crippen LogP contribution < -0.4 is 10.6 Å². The predicted molar refractivity (Wildman–Crippen MR) is 126 cm³/mol. The van der Waals surface area contributed by atoms with Gasteiger partial charge in [0, 0.05) is 43.6 Å². The first-order chi connectivity index (χ1) is 14.9. The molecule has 2 N–H and O–H groups in total. The summed E-state index contributed by atoms with van der Waals surface area (Å²) in [5, 5.41) is 6.17. The zero-order valence-corrected chi connectivity index (χ0v) is 18.9. The third kappa shape index (κ3) is 6.56. The largest absolute Gasteiger partial charge is 0.376 e. The number of hydrogen-bond acceptors (Lipinski definition) is 4. The summed E-state index contributed by atoms with van der Waals surface area (Å²) in [6.45, 7) is 1.05. The van der Waals surface area contributed by atoms with Gasteiger partial charge in [0.05, 0.1) is 6.54 Å². The van der Waals surface area contributed by atoms with Crippen molar-refractivity contribution in [1.29, 1.82) is 0 Å². The number of carbonyl (C=O) groups excluding carboxylic acids is 2. The lowest BCUT2D eigenvalue weighted by atomic mass is 9.94. The Morgan fingerprint density at radius 1 is 0.935 bits per heavy atom. The van der Waals surface area contributed by atoms with Gasteiger partial charge in [-0.25, -0.2) is 0 Å². The first-order valence-electron chi connectivity index (χ1n) is 11.1. The molecule has 2 aromatic rings. The lowest BCUT2D eigenvalue weighted by Crippen LogP contribution is -2.33. The van der Waals surface area contributed by atoms with E-state index in [1.807, 2.05) is 18.2 Å². The number of amides is 2. The van der Waals surface area contributed by atoms with E-state index in [9.17, 15) is 9.59 Å². The molecule has 0 aliphatic heterocycles. The van der Waals surface area contributed by atoms with Crippen molar-refractivity contribution in [3.63, 3.8) is 0 Å². The number of benzene rings is 2. The SMILES string of the molecule is CN(C)C(=O)c1ccc(NC(=O)CNc2ccccc2CN(C)C2CCCCC2)cc1. The van der Waals surface area contributed by atoms with Crippen molar-refractivity contribution < 1.29 is 9.59 Å². The summed E-state index contributed by atoms with van der Waals surface area (Å²) in [7, 11) is 5.63. The van der Waals surface area contributed by atoms with Crippen LogP contribution in [0.25, 0.3) is 0 Å². The summed E-state index contributed by atoms with van der Waals surface area (Å²) in [4.78, 5) is 28.4. The average Bonchev–Trinajstić information content (AvgIpc) is 2.79. The Balaban J connectivity index is 1.53. The average molecular weight is 423 g/mol. The van der Waals surface area contributed by atoms with E-state index >= 15 is 0 Å². The summed E-state index contributed by atoms with van der Waals surface area (Å²) in [6, 6.07) is 15.8. The number of rotatable bonds is 8. The van der Waals surface area contributed by atoms with E-state index in [0.717, 1.165) is 12.2 Å². The van der Waals surface area contributed by atoms with Gasteiger partial charge >= 0.3 is 0 Å². The Labute approximate surface area is 185 Å². The Hall–Kier alpha value is -2.86. The normalized spacial score (nSPS) is 14.3. The monoisotopic (exact) mass is 422 g/mol. The smallest absolute Gasteiger partial charge is 0.253 e. The van der Waals surface area contributed by atoms with Crippen LogP contribution in [0.5, 0.6) is 0 Å². The molecule has 6 nitrogen and oxygen atoms in total. The van der Waals surface area contributed by atoms with E-state index in [1.165, 1.54) is 42.6 Å². The molecule has 0 saturated heterocycles. The van der Waals surface area contributed by atoms with Crippen LogP contribution in [0.1, 0.15) is 48.0 Å². The molecule has 166 valence electrons. The van der Waals surface area contributed by atoms with Crippen LogP contribution in [0.15, 0.2) is 48.5 Å². The van der Waals surface area contributed by atoms with Gasteiger partial charge in [-0.2, -0.15) is 0 Å². The Morgan fingerprint density at radius 2 is 1.61 bits per heavy atom. The number of anilines is 2. The number of nitrogens with zero attached hydrogens (tertiary/aromatic N) is 2. The number of para-hydroxylation sites is 1. The molecule has 0 atom stereocenters. The molecule has 0 unspecified atom stereocenters. The second-order valence-corrected chi connectivity index (χ2v) is 8.54. The van der Waals surface area contributed by atoms with Crippen LogP contribution >= 0.6 is 0 Å². The van der Waals surface area contributed by atoms with E-state index in [4.69, 9.17) is 0 Å². The molecule has 0 aromatic heterocycles. The third-order valence-electron chi connectivity index (χ3n) is 5.90. The molecule has 2 aromatic carbocycles. The summed E-state index contributed by atoms with van der Waals surface area (Å²) in [5.41, 5.74) is 3.46. The zero-order valence-electron chi connectivity index (χ0n) is 18.9. The topological polar surface area (TPSA) is 64.7 Å². The molecule has 1 fully saturated rings. The Morgan fingerprint density at radius 3 is 2.29 bits per heavy atom. The van der Waals surface area contributed by atoms with Crippen molar-refractivity contribution in [3.05, 3.63) is 59.7 Å². The number of nitrogens with one attached hydrogen (secondary N) is 2. The first kappa shape index (κ1) is 22.8. The standard InChI is InChI=1S/C25H34N4O2/c1-28(2)25(31)19-13-15-21(16-14-19)27-24(30)17-26-23-12-8-7-9-20(23)18-29(3)22-10-5-4-6-11-22/h7-9,12-16,22,26H,4-6,10-11,17-18H2,1-3H3,(H,27,30). The fraction of sp³-hybridized carbons (Fsp3) is 0.440. The first-order valence-corrected chi connectivity index (χ1v) is 11.1. The highest BCUT2D eigenvalue weighted by Crippen LogP contribution is 2.24. The minimum absolute atomic E-state index is 0.0608. The molecule has 6 heteroatoms. The fourth-order valence-electron chi connectivity index (χ4n) is 4.09. The van der Waals surface area contributed by atoms with Gasteiger partial charge in [-0.15, -0.1) is 0 Å². The van der Waals surface area contributed by atoms with Crippen LogP contribution in [0, 0.1) is 0 Å². The highest BCUT2D eigenvalue weighted by Gasteiger charge is 2.19. The van der Waals surface area contributed by atoms with Crippen LogP contribution in [0.3, 0.4) is 0 Å². The second-order valence-electron chi connectivity index (χ2n) is 8.54. The van der Waals surface area contributed by atoms with E-state index in [1.54, 1.807) is 38.4 Å². The van der Waals surface area contributed by atoms with Gasteiger partial charge in [0.2, 0.25) is 5.91 Å². The lowest BCUT2D eigenvalue weighted by molar-refractivity contribution is -0.114. The van der Waals surface area contributed by atoms with Gasteiger partial charge in [-0.3, -0.25) is 14.5 Å². The Bertz CT molecular complexity index is 873. The molecular formula is C25H34N4O2. The van der Waals surface area contributed by atoms with Crippen LogP contribution in [-0.2, 0) is 11.3 Å². The minimum Gasteiger partial charge on any atom is -0.376 e. The molecule has 1 saturated carbocycles. The molecule has 0 heterocycles. The van der Waals surface area contributed by atoms with Gasteiger partial charge < -0.3 is 15.5 Å².